The number of para-hydroxylation sites is 1. The predicted molar refractivity (Wildman–Crippen MR) is 79.3 cm³/mol. The molecule has 7 heteroatoms. The summed E-state index contributed by atoms with van der Waals surface area (Å²) in [6.07, 6.45) is 0.465. The van der Waals surface area contributed by atoms with Crippen molar-refractivity contribution in [1.82, 2.24) is 5.32 Å². The van der Waals surface area contributed by atoms with Crippen LogP contribution in [0.15, 0.2) is 24.3 Å². The summed E-state index contributed by atoms with van der Waals surface area (Å²) in [5.74, 6) is -0.770. The van der Waals surface area contributed by atoms with Crippen molar-refractivity contribution in [2.24, 2.45) is 0 Å². The largest absolute Gasteiger partial charge is 0.322 e. The van der Waals surface area contributed by atoms with E-state index in [-0.39, 0.29) is 17.2 Å². The number of nitrogens with one attached hydrogen (secondary N) is 2. The van der Waals surface area contributed by atoms with Crippen LogP contribution in [0.25, 0.3) is 0 Å². The maximum atomic E-state index is 13.5. The van der Waals surface area contributed by atoms with Crippen molar-refractivity contribution in [2.75, 3.05) is 16.8 Å². The van der Waals surface area contributed by atoms with Crippen LogP contribution in [0.4, 0.5) is 10.1 Å². The number of carbonyl (C=O) groups excluding carboxylic acids is 1. The van der Waals surface area contributed by atoms with E-state index in [1.165, 1.54) is 18.2 Å². The zero-order chi connectivity index (χ0) is 15.7. The Morgan fingerprint density at radius 3 is 2.62 bits per heavy atom. The molecule has 21 heavy (non-hydrogen) atoms. The molecule has 1 aromatic carbocycles. The molecule has 0 bridgehead atoms. The van der Waals surface area contributed by atoms with Gasteiger partial charge in [0.25, 0.3) is 0 Å². The minimum Gasteiger partial charge on any atom is -0.322 e. The Morgan fingerprint density at radius 1 is 1.38 bits per heavy atom. The van der Waals surface area contributed by atoms with Gasteiger partial charge in [-0.3, -0.25) is 10.1 Å². The highest BCUT2D eigenvalue weighted by atomic mass is 32.2. The minimum atomic E-state index is -3.05. The quantitative estimate of drug-likeness (QED) is 0.879. The number of sulfone groups is 1. The fourth-order valence-corrected chi connectivity index (χ4v) is 4.62. The molecule has 1 saturated heterocycles. The first-order chi connectivity index (χ1) is 9.71. The smallest absolute Gasteiger partial charge is 0.241 e. The van der Waals surface area contributed by atoms with Crippen molar-refractivity contribution in [3.8, 4) is 0 Å². The van der Waals surface area contributed by atoms with E-state index in [4.69, 9.17) is 0 Å². The molecule has 2 atom stereocenters. The Balaban J connectivity index is 1.99. The van der Waals surface area contributed by atoms with Crippen LogP contribution in [0.3, 0.4) is 0 Å². The Labute approximate surface area is 123 Å². The molecule has 0 aliphatic carbocycles. The van der Waals surface area contributed by atoms with Crippen molar-refractivity contribution in [3.05, 3.63) is 30.1 Å². The molecule has 1 aliphatic rings. The average molecular weight is 314 g/mol. The fourth-order valence-electron chi connectivity index (χ4n) is 2.52. The van der Waals surface area contributed by atoms with Crippen LogP contribution in [0, 0.1) is 5.82 Å². The van der Waals surface area contributed by atoms with Gasteiger partial charge in [-0.2, -0.15) is 0 Å². The molecule has 0 radical (unpaired) electrons. The van der Waals surface area contributed by atoms with E-state index in [0.717, 1.165) is 0 Å². The summed E-state index contributed by atoms with van der Waals surface area (Å²) in [7, 11) is -3.05. The normalized spacial score (nSPS) is 25.5. The Kier molecular flexibility index (Phi) is 4.34. The Hall–Kier alpha value is -1.47. The van der Waals surface area contributed by atoms with Crippen LogP contribution in [-0.4, -0.2) is 37.4 Å². The molecule has 5 nitrogen and oxygen atoms in total. The van der Waals surface area contributed by atoms with Gasteiger partial charge in [0.1, 0.15) is 5.82 Å². The van der Waals surface area contributed by atoms with Crippen molar-refractivity contribution in [2.45, 2.75) is 31.8 Å². The maximum absolute atomic E-state index is 13.5. The molecule has 1 aromatic rings. The summed E-state index contributed by atoms with van der Waals surface area (Å²) >= 11 is 0. The lowest BCUT2D eigenvalue weighted by Gasteiger charge is -2.28. The number of hydrogen-bond acceptors (Lipinski definition) is 4. The summed E-state index contributed by atoms with van der Waals surface area (Å²) in [5, 5.41) is 5.53. The molecular weight excluding hydrogens is 295 g/mol. The van der Waals surface area contributed by atoms with Gasteiger partial charge >= 0.3 is 0 Å². The first-order valence-electron chi connectivity index (χ1n) is 6.74. The van der Waals surface area contributed by atoms with Gasteiger partial charge in [-0.05, 0) is 32.4 Å². The maximum Gasteiger partial charge on any atom is 0.241 e. The number of benzene rings is 1. The van der Waals surface area contributed by atoms with Gasteiger partial charge in [0.05, 0.1) is 23.2 Å². The van der Waals surface area contributed by atoms with E-state index in [0.29, 0.717) is 6.42 Å². The molecule has 1 fully saturated rings. The van der Waals surface area contributed by atoms with Gasteiger partial charge in [-0.15, -0.1) is 0 Å². The monoisotopic (exact) mass is 314 g/mol. The summed E-state index contributed by atoms with van der Waals surface area (Å²) in [6, 6.07) is 5.28. The summed E-state index contributed by atoms with van der Waals surface area (Å²) in [6.45, 7) is 3.41. The second-order valence-electron chi connectivity index (χ2n) is 5.74. The van der Waals surface area contributed by atoms with Crippen molar-refractivity contribution in [3.63, 3.8) is 0 Å². The van der Waals surface area contributed by atoms with Crippen LogP contribution in [0.5, 0.6) is 0 Å². The van der Waals surface area contributed by atoms with Crippen molar-refractivity contribution >= 4 is 21.4 Å². The van der Waals surface area contributed by atoms with Gasteiger partial charge in [0, 0.05) is 5.54 Å². The number of anilines is 1. The zero-order valence-electron chi connectivity index (χ0n) is 12.0. The molecule has 2 N–H and O–H groups in total. The van der Waals surface area contributed by atoms with Crippen LogP contribution in [0.1, 0.15) is 20.3 Å². The van der Waals surface area contributed by atoms with E-state index in [1.807, 2.05) is 0 Å². The van der Waals surface area contributed by atoms with Gasteiger partial charge in [0.2, 0.25) is 5.91 Å². The lowest BCUT2D eigenvalue weighted by atomic mass is 10.0. The van der Waals surface area contributed by atoms with E-state index in [9.17, 15) is 17.6 Å². The summed E-state index contributed by atoms with van der Waals surface area (Å²) in [5.41, 5.74) is -0.509. The van der Waals surface area contributed by atoms with Gasteiger partial charge in [-0.25, -0.2) is 12.8 Å². The van der Waals surface area contributed by atoms with Crippen molar-refractivity contribution in [1.29, 1.82) is 0 Å². The molecule has 2 rings (SSSR count). The highest BCUT2D eigenvalue weighted by molar-refractivity contribution is 7.91. The first kappa shape index (κ1) is 15.9. The molecule has 0 spiro atoms. The van der Waals surface area contributed by atoms with Gasteiger partial charge in [-0.1, -0.05) is 12.1 Å². The molecule has 1 amide bonds. The average Bonchev–Trinajstić information content (AvgIpc) is 2.66. The number of hydrogen-bond donors (Lipinski definition) is 2. The standard InChI is InChI=1S/C14H19FN2O3S/c1-10(17-14(2)7-8-21(19,20)9-14)13(18)16-12-6-4-3-5-11(12)15/h3-6,10,17H,7-9H2,1-2H3,(H,16,18)/t10-,14-/m0/s1. The number of rotatable bonds is 4. The van der Waals surface area contributed by atoms with Crippen LogP contribution >= 0.6 is 0 Å². The highest BCUT2D eigenvalue weighted by Crippen LogP contribution is 2.23. The SMILES string of the molecule is C[C@H](N[C@@]1(C)CCS(=O)(=O)C1)C(=O)Nc1ccccc1F. The van der Waals surface area contributed by atoms with Crippen molar-refractivity contribution < 1.29 is 17.6 Å². The second kappa shape index (κ2) is 5.73. The molecule has 1 heterocycles. The molecule has 0 aromatic heterocycles. The third-order valence-electron chi connectivity index (χ3n) is 3.59. The van der Waals surface area contributed by atoms with E-state index in [1.54, 1.807) is 19.9 Å². The van der Waals surface area contributed by atoms with Crippen LogP contribution in [0.2, 0.25) is 0 Å². The molecule has 1 aliphatic heterocycles. The Bertz CT molecular complexity index is 647. The molecule has 116 valence electrons. The topological polar surface area (TPSA) is 75.3 Å². The third-order valence-corrected chi connectivity index (χ3v) is 5.50. The highest BCUT2D eigenvalue weighted by Gasteiger charge is 2.39. The molecule has 0 unspecified atom stereocenters. The predicted octanol–water partition coefficient (Wildman–Crippen LogP) is 1.32. The fraction of sp³-hybridized carbons (Fsp3) is 0.500. The first-order valence-corrected chi connectivity index (χ1v) is 8.56. The van der Waals surface area contributed by atoms with E-state index < -0.39 is 33.1 Å². The van der Waals surface area contributed by atoms with Gasteiger partial charge in [0.15, 0.2) is 9.84 Å². The van der Waals surface area contributed by atoms with Gasteiger partial charge < -0.3 is 5.32 Å². The zero-order valence-corrected chi connectivity index (χ0v) is 12.8. The van der Waals surface area contributed by atoms with E-state index >= 15 is 0 Å². The molecule has 0 saturated carbocycles. The van der Waals surface area contributed by atoms with Crippen LogP contribution in [-0.2, 0) is 14.6 Å². The second-order valence-corrected chi connectivity index (χ2v) is 7.92. The molecular formula is C14H19FN2O3S. The number of halogens is 1. The summed E-state index contributed by atoms with van der Waals surface area (Å²) < 4.78 is 36.6. The lowest BCUT2D eigenvalue weighted by Crippen LogP contribution is -2.52. The minimum absolute atomic E-state index is 0.0112. The Morgan fingerprint density at radius 2 is 2.05 bits per heavy atom. The number of carbonyl (C=O) groups is 1. The third kappa shape index (κ3) is 4.01. The van der Waals surface area contributed by atoms with E-state index in [2.05, 4.69) is 10.6 Å². The van der Waals surface area contributed by atoms with Crippen LogP contribution < -0.4 is 10.6 Å². The lowest BCUT2D eigenvalue weighted by molar-refractivity contribution is -0.118. The summed E-state index contributed by atoms with van der Waals surface area (Å²) in [4.78, 5) is 12.1. The number of amides is 1.